The van der Waals surface area contributed by atoms with Crippen LogP contribution in [-0.2, 0) is 22.5 Å². The van der Waals surface area contributed by atoms with Crippen LogP contribution in [0.5, 0.6) is 0 Å². The quantitative estimate of drug-likeness (QED) is 0.335. The molecular weight excluding hydrogens is 448 g/mol. The molecular formula is C23H25ClN4O3S. The summed E-state index contributed by atoms with van der Waals surface area (Å²) in [7, 11) is 0. The van der Waals surface area contributed by atoms with Gasteiger partial charge in [-0.05, 0) is 37.1 Å². The Labute approximate surface area is 196 Å². The molecule has 1 heterocycles. The summed E-state index contributed by atoms with van der Waals surface area (Å²) in [6.07, 6.45) is 1.39. The van der Waals surface area contributed by atoms with Crippen molar-refractivity contribution in [1.82, 2.24) is 14.8 Å². The van der Waals surface area contributed by atoms with E-state index in [-0.39, 0.29) is 22.2 Å². The van der Waals surface area contributed by atoms with E-state index in [1.807, 2.05) is 48.7 Å². The number of aromatic nitrogens is 3. The lowest BCUT2D eigenvalue weighted by atomic mass is 10.1. The van der Waals surface area contributed by atoms with Gasteiger partial charge in [-0.25, -0.2) is 4.79 Å². The van der Waals surface area contributed by atoms with Crippen LogP contribution < -0.4 is 5.32 Å². The zero-order valence-electron chi connectivity index (χ0n) is 18.0. The molecule has 168 valence electrons. The topological polar surface area (TPSA) is 86.1 Å². The van der Waals surface area contributed by atoms with Crippen LogP contribution in [0.2, 0.25) is 5.02 Å². The smallest absolute Gasteiger partial charge is 0.339 e. The minimum absolute atomic E-state index is 0.154. The van der Waals surface area contributed by atoms with E-state index in [1.165, 1.54) is 17.8 Å². The maximum Gasteiger partial charge on any atom is 0.339 e. The zero-order chi connectivity index (χ0) is 22.9. The lowest BCUT2D eigenvalue weighted by molar-refractivity contribution is -0.113. The van der Waals surface area contributed by atoms with Gasteiger partial charge in [0.2, 0.25) is 5.91 Å². The van der Waals surface area contributed by atoms with E-state index in [0.717, 1.165) is 11.4 Å². The minimum atomic E-state index is -0.510. The molecule has 0 aliphatic heterocycles. The van der Waals surface area contributed by atoms with Crippen molar-refractivity contribution < 1.29 is 14.3 Å². The summed E-state index contributed by atoms with van der Waals surface area (Å²) in [4.78, 5) is 24.6. The second-order valence-corrected chi connectivity index (χ2v) is 8.32. The molecule has 1 amide bonds. The molecule has 0 fully saturated rings. The predicted octanol–water partition coefficient (Wildman–Crippen LogP) is 4.84. The number of carbonyl (C=O) groups is 2. The number of rotatable bonds is 10. The van der Waals surface area contributed by atoms with Gasteiger partial charge in [-0.1, -0.05) is 60.6 Å². The molecule has 1 N–H and O–H groups in total. The van der Waals surface area contributed by atoms with Crippen LogP contribution >= 0.6 is 23.4 Å². The van der Waals surface area contributed by atoms with Gasteiger partial charge in [0, 0.05) is 18.7 Å². The third-order valence-electron chi connectivity index (χ3n) is 4.55. The lowest BCUT2D eigenvalue weighted by Crippen LogP contribution is -2.15. The van der Waals surface area contributed by atoms with E-state index in [0.29, 0.717) is 36.8 Å². The standard InChI is InChI=1S/C23H25ClN4O3S/c1-3-12-31-22(30)18-14-17(10-11-19(18)24)25-21(29)15-32-23-27-26-20(28(23)4-2)13-16-8-6-5-7-9-16/h5-11,14H,3-4,12-13,15H2,1-2H3,(H,25,29). The number of benzene rings is 2. The van der Waals surface area contributed by atoms with Crippen molar-refractivity contribution in [2.24, 2.45) is 0 Å². The molecule has 0 atom stereocenters. The summed E-state index contributed by atoms with van der Waals surface area (Å²) in [6.45, 7) is 4.95. The molecule has 0 aliphatic rings. The number of amides is 1. The van der Waals surface area contributed by atoms with Gasteiger partial charge in [0.1, 0.15) is 5.82 Å². The van der Waals surface area contributed by atoms with Crippen molar-refractivity contribution in [3.8, 4) is 0 Å². The molecule has 0 spiro atoms. The van der Waals surface area contributed by atoms with Gasteiger partial charge in [-0.15, -0.1) is 10.2 Å². The number of anilines is 1. The molecule has 0 saturated carbocycles. The van der Waals surface area contributed by atoms with E-state index in [2.05, 4.69) is 15.5 Å². The first kappa shape index (κ1) is 23.8. The molecule has 32 heavy (non-hydrogen) atoms. The molecule has 0 saturated heterocycles. The van der Waals surface area contributed by atoms with Gasteiger partial charge in [-0.3, -0.25) is 4.79 Å². The molecule has 0 radical (unpaired) electrons. The van der Waals surface area contributed by atoms with Gasteiger partial charge in [0.05, 0.1) is 22.9 Å². The van der Waals surface area contributed by atoms with Crippen molar-refractivity contribution in [2.75, 3.05) is 17.7 Å². The number of carbonyl (C=O) groups excluding carboxylic acids is 2. The Morgan fingerprint density at radius 2 is 1.91 bits per heavy atom. The highest BCUT2D eigenvalue weighted by Crippen LogP contribution is 2.23. The third-order valence-corrected chi connectivity index (χ3v) is 5.85. The number of hydrogen-bond donors (Lipinski definition) is 1. The first-order valence-corrected chi connectivity index (χ1v) is 11.7. The Morgan fingerprint density at radius 3 is 2.62 bits per heavy atom. The molecule has 7 nitrogen and oxygen atoms in total. The molecule has 1 aromatic heterocycles. The number of nitrogens with zero attached hydrogens (tertiary/aromatic N) is 3. The third kappa shape index (κ3) is 6.34. The highest BCUT2D eigenvalue weighted by Gasteiger charge is 2.16. The molecule has 0 aliphatic carbocycles. The Balaban J connectivity index is 1.61. The second kappa shape index (κ2) is 11.7. The van der Waals surface area contributed by atoms with Gasteiger partial charge >= 0.3 is 5.97 Å². The van der Waals surface area contributed by atoms with Crippen molar-refractivity contribution in [3.05, 3.63) is 70.5 Å². The van der Waals surface area contributed by atoms with Gasteiger partial charge in [0.15, 0.2) is 5.16 Å². The largest absolute Gasteiger partial charge is 0.462 e. The number of nitrogens with one attached hydrogen (secondary N) is 1. The maximum absolute atomic E-state index is 12.5. The highest BCUT2D eigenvalue weighted by molar-refractivity contribution is 7.99. The number of ether oxygens (including phenoxy) is 1. The fourth-order valence-electron chi connectivity index (χ4n) is 3.01. The zero-order valence-corrected chi connectivity index (χ0v) is 19.6. The molecule has 3 rings (SSSR count). The van der Waals surface area contributed by atoms with Crippen LogP contribution in [-0.4, -0.2) is 39.0 Å². The first-order valence-electron chi connectivity index (χ1n) is 10.4. The van der Waals surface area contributed by atoms with Crippen LogP contribution in [0.25, 0.3) is 0 Å². The minimum Gasteiger partial charge on any atom is -0.462 e. The summed E-state index contributed by atoms with van der Waals surface area (Å²) in [5, 5.41) is 12.3. The van der Waals surface area contributed by atoms with E-state index in [1.54, 1.807) is 12.1 Å². The van der Waals surface area contributed by atoms with E-state index < -0.39 is 5.97 Å². The first-order chi connectivity index (χ1) is 15.5. The van der Waals surface area contributed by atoms with Gasteiger partial charge < -0.3 is 14.6 Å². The highest BCUT2D eigenvalue weighted by atomic mass is 35.5. The van der Waals surface area contributed by atoms with Gasteiger partial charge in [0.25, 0.3) is 0 Å². The Bertz CT molecular complexity index is 1070. The average Bonchev–Trinajstić information content (AvgIpc) is 3.19. The molecule has 0 unspecified atom stereocenters. The van der Waals surface area contributed by atoms with Crippen LogP contribution in [0.4, 0.5) is 5.69 Å². The number of esters is 1. The Morgan fingerprint density at radius 1 is 1.12 bits per heavy atom. The second-order valence-electron chi connectivity index (χ2n) is 6.97. The number of hydrogen-bond acceptors (Lipinski definition) is 6. The van der Waals surface area contributed by atoms with E-state index in [9.17, 15) is 9.59 Å². The normalized spacial score (nSPS) is 10.7. The fraction of sp³-hybridized carbons (Fsp3) is 0.304. The maximum atomic E-state index is 12.5. The molecule has 2 aromatic carbocycles. The van der Waals surface area contributed by atoms with Gasteiger partial charge in [-0.2, -0.15) is 0 Å². The monoisotopic (exact) mass is 472 g/mol. The Kier molecular flexibility index (Phi) is 8.70. The van der Waals surface area contributed by atoms with Crippen LogP contribution in [0.15, 0.2) is 53.7 Å². The van der Waals surface area contributed by atoms with Crippen molar-refractivity contribution in [2.45, 2.75) is 38.4 Å². The summed E-state index contributed by atoms with van der Waals surface area (Å²) in [5.41, 5.74) is 1.85. The van der Waals surface area contributed by atoms with Crippen molar-refractivity contribution in [3.63, 3.8) is 0 Å². The molecule has 0 bridgehead atoms. The van der Waals surface area contributed by atoms with E-state index >= 15 is 0 Å². The van der Waals surface area contributed by atoms with Crippen LogP contribution in [0.3, 0.4) is 0 Å². The lowest BCUT2D eigenvalue weighted by Gasteiger charge is -2.10. The van der Waals surface area contributed by atoms with Crippen LogP contribution in [0, 0.1) is 0 Å². The Hall–Kier alpha value is -2.84. The average molecular weight is 473 g/mol. The summed E-state index contributed by atoms with van der Waals surface area (Å²) >= 11 is 7.42. The number of thioether (sulfide) groups is 1. The summed E-state index contributed by atoms with van der Waals surface area (Å²) in [5.74, 6) is 0.279. The van der Waals surface area contributed by atoms with Crippen molar-refractivity contribution >= 4 is 40.9 Å². The predicted molar refractivity (Wildman–Crippen MR) is 126 cm³/mol. The molecule has 9 heteroatoms. The summed E-state index contributed by atoms with van der Waals surface area (Å²) in [6, 6.07) is 14.8. The van der Waals surface area contributed by atoms with Crippen LogP contribution in [0.1, 0.15) is 42.0 Å². The number of halogens is 1. The molecule has 3 aromatic rings. The van der Waals surface area contributed by atoms with Crippen molar-refractivity contribution in [1.29, 1.82) is 0 Å². The van der Waals surface area contributed by atoms with E-state index in [4.69, 9.17) is 16.3 Å². The SMILES string of the molecule is CCCOC(=O)c1cc(NC(=O)CSc2nnc(Cc3ccccc3)n2CC)ccc1Cl. The summed E-state index contributed by atoms with van der Waals surface area (Å²) < 4.78 is 7.14. The fourth-order valence-corrected chi connectivity index (χ4v) is 4.03.